The third-order valence-electron chi connectivity index (χ3n) is 4.36. The summed E-state index contributed by atoms with van der Waals surface area (Å²) in [6.45, 7) is -1.02. The van der Waals surface area contributed by atoms with Gasteiger partial charge < -0.3 is 18.9 Å². The van der Waals surface area contributed by atoms with Crippen molar-refractivity contribution in [2.45, 2.75) is 44.1 Å². The Morgan fingerprint density at radius 2 is 1.04 bits per heavy atom. The molecule has 4 heterocycles. The third kappa shape index (κ3) is 3.59. The summed E-state index contributed by atoms with van der Waals surface area (Å²) < 4.78 is 17.6. The van der Waals surface area contributed by atoms with E-state index < -0.39 is 45.1 Å². The van der Waals surface area contributed by atoms with Gasteiger partial charge in [-0.25, -0.2) is 19.6 Å². The maximum atomic E-state index is 12.6. The highest BCUT2D eigenvalue weighted by atomic mass is 35.6. The van der Waals surface area contributed by atoms with E-state index in [9.17, 15) is 9.59 Å². The number of hydrazine groups is 1. The molecule has 0 N–H and O–H groups in total. The van der Waals surface area contributed by atoms with Crippen LogP contribution >= 0.6 is 69.6 Å². The molecule has 2 amide bonds. The fraction of sp³-hybridized carbons (Fsp3) is 0.833. The SMILES string of the molecule is O=C(OCC(Cl)(Cl)Cl)N1C2[C@H]3O[C@@H]3C([C@@H]3O[C@@H]23)N1C(=O)OCC(Cl)(Cl)Cl. The number of amides is 2. The minimum Gasteiger partial charge on any atom is -0.444 e. The van der Waals surface area contributed by atoms with E-state index in [0.29, 0.717) is 0 Å². The van der Waals surface area contributed by atoms with Crippen molar-refractivity contribution in [3.05, 3.63) is 0 Å². The van der Waals surface area contributed by atoms with E-state index in [1.54, 1.807) is 0 Å². The Morgan fingerprint density at radius 1 is 0.731 bits per heavy atom. The zero-order chi connectivity index (χ0) is 19.0. The van der Waals surface area contributed by atoms with E-state index in [-0.39, 0.29) is 24.4 Å². The molecule has 4 saturated heterocycles. The first kappa shape index (κ1) is 19.5. The molecule has 1 aliphatic carbocycles. The summed E-state index contributed by atoms with van der Waals surface area (Å²) in [5.41, 5.74) is 0. The number of ether oxygens (including phenoxy) is 4. The molecular weight excluding hydrogens is 481 g/mol. The van der Waals surface area contributed by atoms with Gasteiger partial charge in [-0.05, 0) is 0 Å². The Morgan fingerprint density at radius 3 is 1.31 bits per heavy atom. The van der Waals surface area contributed by atoms with Crippen LogP contribution in [0.1, 0.15) is 0 Å². The lowest BCUT2D eigenvalue weighted by Crippen LogP contribution is -2.71. The second-order valence-electron chi connectivity index (χ2n) is 6.14. The fourth-order valence-corrected chi connectivity index (χ4v) is 3.76. The third-order valence-corrected chi connectivity index (χ3v) is 5.01. The molecule has 4 aliphatic heterocycles. The fourth-order valence-electron chi connectivity index (χ4n) is 3.43. The van der Waals surface area contributed by atoms with Crippen LogP contribution in [0.3, 0.4) is 0 Å². The molecule has 0 radical (unpaired) electrons. The minimum absolute atomic E-state index is 0.263. The smallest absolute Gasteiger partial charge is 0.429 e. The van der Waals surface area contributed by atoms with Crippen molar-refractivity contribution in [3.63, 3.8) is 0 Å². The van der Waals surface area contributed by atoms with E-state index in [2.05, 4.69) is 0 Å². The van der Waals surface area contributed by atoms with E-state index in [0.717, 1.165) is 10.0 Å². The van der Waals surface area contributed by atoms with Gasteiger partial charge in [-0.1, -0.05) is 69.6 Å². The summed E-state index contributed by atoms with van der Waals surface area (Å²) in [5, 5.41) is 2.15. The molecule has 14 heteroatoms. The van der Waals surface area contributed by atoms with Gasteiger partial charge >= 0.3 is 12.2 Å². The normalized spacial score (nSPS) is 37.0. The van der Waals surface area contributed by atoms with Gasteiger partial charge in [0.2, 0.25) is 7.59 Å². The standard InChI is InChI=1S/C12H10Cl6N2O6/c13-11(14,15)1-23-9(21)19-3-5-7(25-5)4(8-6(3)26-8)20(19)10(22)24-2-12(16,17)18/h3-8H,1-2H2/t3?,4?,5-,6+,7-,8+. The van der Waals surface area contributed by atoms with Gasteiger partial charge in [-0.15, -0.1) is 0 Å². The van der Waals surface area contributed by atoms with E-state index in [4.69, 9.17) is 88.6 Å². The van der Waals surface area contributed by atoms with Crippen molar-refractivity contribution in [1.82, 2.24) is 10.0 Å². The predicted molar refractivity (Wildman–Crippen MR) is 91.9 cm³/mol. The number of hydrogen-bond donors (Lipinski definition) is 0. The van der Waals surface area contributed by atoms with Crippen molar-refractivity contribution in [1.29, 1.82) is 0 Å². The highest BCUT2D eigenvalue weighted by Crippen LogP contribution is 2.56. The molecule has 2 unspecified atom stereocenters. The molecular formula is C12H10Cl6N2O6. The van der Waals surface area contributed by atoms with Crippen LogP contribution < -0.4 is 0 Å². The molecule has 0 aromatic carbocycles. The van der Waals surface area contributed by atoms with Crippen LogP contribution in [0.15, 0.2) is 0 Å². The van der Waals surface area contributed by atoms with Crippen LogP contribution in [0.5, 0.6) is 0 Å². The van der Waals surface area contributed by atoms with Crippen molar-refractivity contribution in [2.75, 3.05) is 13.2 Å². The summed E-state index contributed by atoms with van der Waals surface area (Å²) in [6, 6.07) is -1.11. The van der Waals surface area contributed by atoms with Gasteiger partial charge in [0.25, 0.3) is 0 Å². The lowest BCUT2D eigenvalue weighted by Gasteiger charge is -2.46. The Hall–Kier alpha value is 0.200. The second kappa shape index (κ2) is 6.35. The number of halogens is 6. The number of rotatable bonds is 2. The minimum atomic E-state index is -1.80. The molecule has 0 aromatic rings. The number of carbonyl (C=O) groups is 2. The first-order chi connectivity index (χ1) is 12.0. The monoisotopic (exact) mass is 488 g/mol. The maximum absolute atomic E-state index is 12.6. The Kier molecular flexibility index (Phi) is 4.77. The molecule has 2 bridgehead atoms. The molecule has 146 valence electrons. The molecule has 5 fully saturated rings. The molecule has 26 heavy (non-hydrogen) atoms. The molecule has 1 saturated carbocycles. The van der Waals surface area contributed by atoms with Crippen molar-refractivity contribution >= 4 is 81.8 Å². The number of hydrogen-bond acceptors (Lipinski definition) is 6. The summed E-state index contributed by atoms with van der Waals surface area (Å²) in [6.07, 6.45) is -2.86. The second-order valence-corrected chi connectivity index (χ2v) is 11.2. The van der Waals surface area contributed by atoms with Crippen LogP contribution in [0, 0.1) is 0 Å². The highest BCUT2D eigenvalue weighted by molar-refractivity contribution is 6.68. The lowest BCUT2D eigenvalue weighted by atomic mass is 9.87. The highest BCUT2D eigenvalue weighted by Gasteiger charge is 2.78. The molecule has 5 aliphatic rings. The number of epoxide rings is 2. The van der Waals surface area contributed by atoms with Gasteiger partial charge in [0, 0.05) is 0 Å². The van der Waals surface area contributed by atoms with E-state index in [1.165, 1.54) is 0 Å². The number of fused-ring (bicyclic) bond motifs is 1. The van der Waals surface area contributed by atoms with Gasteiger partial charge in [0.05, 0.1) is 0 Å². The number of alkyl halides is 6. The first-order valence-corrected chi connectivity index (χ1v) is 9.61. The number of nitrogens with zero attached hydrogens (tertiary/aromatic N) is 2. The Labute approximate surface area is 177 Å². The summed E-state index contributed by atoms with van der Waals surface area (Å²) in [4.78, 5) is 25.1. The molecule has 0 aromatic heterocycles. The van der Waals surface area contributed by atoms with Crippen molar-refractivity contribution in [3.8, 4) is 0 Å². The predicted octanol–water partition coefficient (Wildman–Crippen LogP) is 2.82. The Bertz CT molecular complexity index is 571. The molecule has 8 nitrogen and oxygen atoms in total. The summed E-state index contributed by atoms with van der Waals surface area (Å²) in [7, 11) is 0. The molecule has 6 atom stereocenters. The zero-order valence-corrected chi connectivity index (χ0v) is 17.0. The first-order valence-electron chi connectivity index (χ1n) is 7.34. The molecule has 0 spiro atoms. The van der Waals surface area contributed by atoms with Crippen LogP contribution in [-0.2, 0) is 18.9 Å². The zero-order valence-electron chi connectivity index (χ0n) is 12.5. The summed E-state index contributed by atoms with van der Waals surface area (Å²) >= 11 is 33.6. The van der Waals surface area contributed by atoms with Crippen LogP contribution in [0.4, 0.5) is 9.59 Å². The lowest BCUT2D eigenvalue weighted by molar-refractivity contribution is -0.0964. The average Bonchev–Trinajstić information content (AvgIpc) is 3.39. The Balaban J connectivity index is 1.53. The maximum Gasteiger partial charge on any atom is 0.429 e. The topological polar surface area (TPSA) is 84.1 Å². The number of carbonyl (C=O) groups excluding carboxylic acids is 2. The van der Waals surface area contributed by atoms with Crippen LogP contribution in [-0.4, -0.2) is 79.5 Å². The quantitative estimate of drug-likeness (QED) is 0.437. The average molecular weight is 491 g/mol. The van der Waals surface area contributed by atoms with Crippen molar-refractivity contribution < 1.29 is 28.5 Å². The van der Waals surface area contributed by atoms with Crippen LogP contribution in [0.2, 0.25) is 0 Å². The van der Waals surface area contributed by atoms with Gasteiger partial charge in [-0.2, -0.15) is 0 Å². The van der Waals surface area contributed by atoms with Gasteiger partial charge in [-0.3, -0.25) is 0 Å². The van der Waals surface area contributed by atoms with Crippen molar-refractivity contribution in [2.24, 2.45) is 0 Å². The van der Waals surface area contributed by atoms with Gasteiger partial charge in [0.15, 0.2) is 0 Å². The van der Waals surface area contributed by atoms with Gasteiger partial charge in [0.1, 0.15) is 49.7 Å². The van der Waals surface area contributed by atoms with E-state index >= 15 is 0 Å². The van der Waals surface area contributed by atoms with E-state index in [1.807, 2.05) is 0 Å². The van der Waals surface area contributed by atoms with Crippen LogP contribution in [0.25, 0.3) is 0 Å². The largest absolute Gasteiger partial charge is 0.444 e. The summed E-state index contributed by atoms with van der Waals surface area (Å²) in [5.74, 6) is 0. The molecule has 5 rings (SSSR count).